The minimum absolute atomic E-state index is 0.187. The molecule has 1 aliphatic rings. The maximum Gasteiger partial charge on any atom is 0.146 e. The lowest BCUT2D eigenvalue weighted by molar-refractivity contribution is 0.0875. The second kappa shape index (κ2) is 4.81. The third-order valence-electron chi connectivity index (χ3n) is 2.45. The first-order valence-electron chi connectivity index (χ1n) is 5.05. The third-order valence-corrected chi connectivity index (χ3v) is 2.68. The van der Waals surface area contributed by atoms with Gasteiger partial charge < -0.3 is 10.1 Å². The second-order valence-corrected chi connectivity index (χ2v) is 4.12. The van der Waals surface area contributed by atoms with E-state index in [0.29, 0.717) is 17.3 Å². The molecule has 0 spiro atoms. The van der Waals surface area contributed by atoms with Gasteiger partial charge in [-0.05, 0) is 31.0 Å². The van der Waals surface area contributed by atoms with Gasteiger partial charge in [0.05, 0.1) is 12.3 Å². The molecule has 0 amide bonds. The van der Waals surface area contributed by atoms with Crippen LogP contribution in [0.5, 0.6) is 0 Å². The highest BCUT2D eigenvalue weighted by Gasteiger charge is 2.15. The normalized spacial score (nSPS) is 21.3. The Morgan fingerprint density at radius 2 is 2.33 bits per heavy atom. The van der Waals surface area contributed by atoms with E-state index >= 15 is 0 Å². The third kappa shape index (κ3) is 2.83. The van der Waals surface area contributed by atoms with Crippen LogP contribution in [0.3, 0.4) is 0 Å². The summed E-state index contributed by atoms with van der Waals surface area (Å²) in [5.74, 6) is -0.273. The van der Waals surface area contributed by atoms with Gasteiger partial charge >= 0.3 is 0 Å². The van der Waals surface area contributed by atoms with Crippen molar-refractivity contribution < 1.29 is 9.13 Å². The zero-order chi connectivity index (χ0) is 10.7. The lowest BCUT2D eigenvalue weighted by atomic mass is 10.1. The smallest absolute Gasteiger partial charge is 0.146 e. The summed E-state index contributed by atoms with van der Waals surface area (Å²) < 4.78 is 18.7. The molecule has 0 radical (unpaired) electrons. The average molecular weight is 230 g/mol. The summed E-state index contributed by atoms with van der Waals surface area (Å²) in [7, 11) is 0. The Morgan fingerprint density at radius 1 is 1.47 bits per heavy atom. The molecule has 0 saturated carbocycles. The molecule has 2 nitrogen and oxygen atoms in total. The fraction of sp³-hybridized carbons (Fsp3) is 0.455. The Morgan fingerprint density at radius 3 is 3.07 bits per heavy atom. The molecule has 1 N–H and O–H groups in total. The second-order valence-electron chi connectivity index (χ2n) is 3.68. The quantitative estimate of drug-likeness (QED) is 0.842. The SMILES string of the molecule is Fc1ccc(Cl)cc1NC1CCCOC1. The van der Waals surface area contributed by atoms with E-state index in [0.717, 1.165) is 19.4 Å². The molecule has 2 rings (SSSR count). The summed E-state index contributed by atoms with van der Waals surface area (Å²) in [6, 6.07) is 4.70. The van der Waals surface area contributed by atoms with Gasteiger partial charge in [-0.1, -0.05) is 11.6 Å². The minimum atomic E-state index is -0.273. The van der Waals surface area contributed by atoms with Gasteiger partial charge in [-0.15, -0.1) is 0 Å². The van der Waals surface area contributed by atoms with Crippen LogP contribution >= 0.6 is 11.6 Å². The lowest BCUT2D eigenvalue weighted by Crippen LogP contribution is -2.30. The monoisotopic (exact) mass is 229 g/mol. The van der Waals surface area contributed by atoms with Crippen LogP contribution in [0, 0.1) is 5.82 Å². The fourth-order valence-electron chi connectivity index (χ4n) is 1.68. The summed E-state index contributed by atoms with van der Waals surface area (Å²) in [5.41, 5.74) is 0.456. The topological polar surface area (TPSA) is 21.3 Å². The molecule has 1 aliphatic heterocycles. The average Bonchev–Trinajstić information content (AvgIpc) is 2.25. The van der Waals surface area contributed by atoms with Gasteiger partial charge in [0.1, 0.15) is 5.82 Å². The van der Waals surface area contributed by atoms with Crippen molar-refractivity contribution in [1.82, 2.24) is 0 Å². The molecule has 1 saturated heterocycles. The Bertz CT molecular complexity index is 339. The van der Waals surface area contributed by atoms with Gasteiger partial charge in [-0.25, -0.2) is 4.39 Å². The minimum Gasteiger partial charge on any atom is -0.379 e. The van der Waals surface area contributed by atoms with E-state index in [-0.39, 0.29) is 11.9 Å². The van der Waals surface area contributed by atoms with Crippen molar-refractivity contribution in [3.05, 3.63) is 29.0 Å². The van der Waals surface area contributed by atoms with Crippen molar-refractivity contribution in [3.8, 4) is 0 Å². The predicted octanol–water partition coefficient (Wildman–Crippen LogP) is 3.07. The molecule has 82 valence electrons. The van der Waals surface area contributed by atoms with Crippen LogP contribution in [0.15, 0.2) is 18.2 Å². The largest absolute Gasteiger partial charge is 0.379 e. The van der Waals surface area contributed by atoms with Gasteiger partial charge in [-0.3, -0.25) is 0 Å². The van der Waals surface area contributed by atoms with Gasteiger partial charge in [0.25, 0.3) is 0 Å². The van der Waals surface area contributed by atoms with E-state index in [4.69, 9.17) is 16.3 Å². The van der Waals surface area contributed by atoms with Crippen molar-refractivity contribution in [3.63, 3.8) is 0 Å². The zero-order valence-electron chi connectivity index (χ0n) is 8.30. The highest BCUT2D eigenvalue weighted by atomic mass is 35.5. The van der Waals surface area contributed by atoms with E-state index in [1.807, 2.05) is 0 Å². The van der Waals surface area contributed by atoms with Crippen LogP contribution in [0.4, 0.5) is 10.1 Å². The Balaban J connectivity index is 2.05. The number of halogens is 2. The van der Waals surface area contributed by atoms with Crippen LogP contribution in [0.2, 0.25) is 5.02 Å². The first-order valence-corrected chi connectivity index (χ1v) is 5.43. The van der Waals surface area contributed by atoms with Crippen molar-refractivity contribution >= 4 is 17.3 Å². The first kappa shape index (κ1) is 10.7. The van der Waals surface area contributed by atoms with E-state index in [1.54, 1.807) is 12.1 Å². The van der Waals surface area contributed by atoms with Crippen molar-refractivity contribution in [1.29, 1.82) is 0 Å². The summed E-state index contributed by atoms with van der Waals surface area (Å²) >= 11 is 5.80. The molecule has 0 bridgehead atoms. The molecular formula is C11H13ClFNO. The summed E-state index contributed by atoms with van der Waals surface area (Å²) in [6.07, 6.45) is 2.02. The van der Waals surface area contributed by atoms with Crippen LogP contribution < -0.4 is 5.32 Å². The standard InChI is InChI=1S/C11H13ClFNO/c12-8-3-4-10(13)11(6-8)14-9-2-1-5-15-7-9/h3-4,6,9,14H,1-2,5,7H2. The molecule has 1 heterocycles. The maximum absolute atomic E-state index is 13.4. The highest BCUT2D eigenvalue weighted by molar-refractivity contribution is 6.30. The Hall–Kier alpha value is -0.800. The van der Waals surface area contributed by atoms with Crippen molar-refractivity contribution in [2.45, 2.75) is 18.9 Å². The van der Waals surface area contributed by atoms with Crippen LogP contribution in [-0.2, 0) is 4.74 Å². The lowest BCUT2D eigenvalue weighted by Gasteiger charge is -2.24. The van der Waals surface area contributed by atoms with Crippen molar-refractivity contribution in [2.24, 2.45) is 0 Å². The fourth-order valence-corrected chi connectivity index (χ4v) is 1.85. The predicted molar refractivity (Wildman–Crippen MR) is 58.9 cm³/mol. The first-order chi connectivity index (χ1) is 7.25. The van der Waals surface area contributed by atoms with E-state index in [2.05, 4.69) is 5.32 Å². The summed E-state index contributed by atoms with van der Waals surface area (Å²) in [6.45, 7) is 1.43. The van der Waals surface area contributed by atoms with Crippen LogP contribution in [0.1, 0.15) is 12.8 Å². The molecule has 1 aromatic carbocycles. The summed E-state index contributed by atoms with van der Waals surface area (Å²) in [5, 5.41) is 3.64. The van der Waals surface area contributed by atoms with Gasteiger partial charge in [-0.2, -0.15) is 0 Å². The van der Waals surface area contributed by atoms with E-state index in [1.165, 1.54) is 6.07 Å². The Kier molecular flexibility index (Phi) is 3.44. The molecular weight excluding hydrogens is 217 g/mol. The van der Waals surface area contributed by atoms with Crippen LogP contribution in [-0.4, -0.2) is 19.3 Å². The van der Waals surface area contributed by atoms with Gasteiger partial charge in [0.2, 0.25) is 0 Å². The van der Waals surface area contributed by atoms with Crippen molar-refractivity contribution in [2.75, 3.05) is 18.5 Å². The van der Waals surface area contributed by atoms with E-state index in [9.17, 15) is 4.39 Å². The number of benzene rings is 1. The number of anilines is 1. The van der Waals surface area contributed by atoms with Gasteiger partial charge in [0, 0.05) is 17.7 Å². The number of rotatable bonds is 2. The molecule has 0 aromatic heterocycles. The maximum atomic E-state index is 13.4. The molecule has 15 heavy (non-hydrogen) atoms. The molecule has 4 heteroatoms. The van der Waals surface area contributed by atoms with Gasteiger partial charge in [0.15, 0.2) is 0 Å². The van der Waals surface area contributed by atoms with E-state index < -0.39 is 0 Å². The Labute approximate surface area is 93.4 Å². The molecule has 1 fully saturated rings. The zero-order valence-corrected chi connectivity index (χ0v) is 9.06. The molecule has 0 aliphatic carbocycles. The van der Waals surface area contributed by atoms with Crippen LogP contribution in [0.25, 0.3) is 0 Å². The number of hydrogen-bond acceptors (Lipinski definition) is 2. The molecule has 1 aromatic rings. The molecule has 1 atom stereocenters. The number of nitrogens with one attached hydrogen (secondary N) is 1. The number of ether oxygens (including phenoxy) is 1. The number of hydrogen-bond donors (Lipinski definition) is 1. The highest BCUT2D eigenvalue weighted by Crippen LogP contribution is 2.21. The summed E-state index contributed by atoms with van der Waals surface area (Å²) in [4.78, 5) is 0. The molecule has 1 unspecified atom stereocenters.